The third kappa shape index (κ3) is 6.46. The van der Waals surface area contributed by atoms with Gasteiger partial charge in [0.15, 0.2) is 0 Å². The van der Waals surface area contributed by atoms with Gasteiger partial charge in [-0.2, -0.15) is 0 Å². The summed E-state index contributed by atoms with van der Waals surface area (Å²) >= 11 is 0. The number of carbonyl (C=O) groups is 3. The third-order valence-corrected chi connectivity index (χ3v) is 7.17. The summed E-state index contributed by atoms with van der Waals surface area (Å²) in [4.78, 5) is 41.0. The molecule has 5 rings (SSSR count). The van der Waals surface area contributed by atoms with E-state index >= 15 is 0 Å². The van der Waals surface area contributed by atoms with Crippen molar-refractivity contribution in [1.82, 2.24) is 4.90 Å². The van der Waals surface area contributed by atoms with Gasteiger partial charge in [0.2, 0.25) is 0 Å². The predicted octanol–water partition coefficient (Wildman–Crippen LogP) is 5.51. The summed E-state index contributed by atoms with van der Waals surface area (Å²) in [6.07, 6.45) is 2.57. The standard InChI is InChI=1S/C30H36N2O7/c1-30(2,3)39-29(35)32(17-19-5-6-19)25-16-23(25)21-9-7-20(8-10-21)18-38-28(34)31-13-14-37-26-15-22(27(33)36-4)11-12-24(26)31/h7-12,15,19,23,25H,5-6,13-14,16-18H2,1-4H3/t23-,25?/m1/s1. The molecule has 1 unspecified atom stereocenters. The molecule has 0 radical (unpaired) electrons. The Morgan fingerprint density at radius 2 is 1.82 bits per heavy atom. The highest BCUT2D eigenvalue weighted by Gasteiger charge is 2.47. The number of amides is 2. The van der Waals surface area contributed by atoms with Crippen LogP contribution in [-0.4, -0.2) is 61.5 Å². The van der Waals surface area contributed by atoms with Gasteiger partial charge in [0, 0.05) is 18.5 Å². The van der Waals surface area contributed by atoms with Gasteiger partial charge in [-0.25, -0.2) is 14.4 Å². The van der Waals surface area contributed by atoms with Crippen LogP contribution in [0.5, 0.6) is 5.75 Å². The molecule has 39 heavy (non-hydrogen) atoms. The summed E-state index contributed by atoms with van der Waals surface area (Å²) in [6.45, 7) is 7.23. The fraction of sp³-hybridized carbons (Fsp3) is 0.500. The molecule has 1 aliphatic heterocycles. The van der Waals surface area contributed by atoms with Crippen molar-refractivity contribution in [3.8, 4) is 5.75 Å². The summed E-state index contributed by atoms with van der Waals surface area (Å²) in [5.41, 5.74) is 2.43. The second-order valence-electron chi connectivity index (χ2n) is 11.5. The number of hydrogen-bond donors (Lipinski definition) is 0. The Morgan fingerprint density at radius 3 is 2.49 bits per heavy atom. The van der Waals surface area contributed by atoms with Gasteiger partial charge in [0.1, 0.15) is 24.6 Å². The summed E-state index contributed by atoms with van der Waals surface area (Å²) in [6, 6.07) is 13.0. The Labute approximate surface area is 228 Å². The van der Waals surface area contributed by atoms with Crippen LogP contribution in [0.15, 0.2) is 42.5 Å². The average molecular weight is 537 g/mol. The monoisotopic (exact) mass is 536 g/mol. The number of benzene rings is 2. The molecule has 2 saturated carbocycles. The van der Waals surface area contributed by atoms with E-state index in [1.807, 2.05) is 37.8 Å². The second-order valence-corrected chi connectivity index (χ2v) is 11.5. The van der Waals surface area contributed by atoms with E-state index in [-0.39, 0.29) is 24.7 Å². The van der Waals surface area contributed by atoms with Crippen molar-refractivity contribution in [2.45, 2.75) is 64.2 Å². The van der Waals surface area contributed by atoms with E-state index in [2.05, 4.69) is 12.1 Å². The van der Waals surface area contributed by atoms with Gasteiger partial charge in [-0.3, -0.25) is 4.90 Å². The van der Waals surface area contributed by atoms with Gasteiger partial charge in [-0.05, 0) is 75.3 Å². The quantitative estimate of drug-likeness (QED) is 0.340. The van der Waals surface area contributed by atoms with Crippen LogP contribution in [0.3, 0.4) is 0 Å². The van der Waals surface area contributed by atoms with Gasteiger partial charge < -0.3 is 23.8 Å². The zero-order valence-electron chi connectivity index (χ0n) is 23.0. The Kier molecular flexibility index (Phi) is 7.42. The fourth-order valence-corrected chi connectivity index (χ4v) is 4.87. The fourth-order valence-electron chi connectivity index (χ4n) is 4.87. The summed E-state index contributed by atoms with van der Waals surface area (Å²) in [7, 11) is 1.32. The highest BCUT2D eigenvalue weighted by molar-refractivity contribution is 5.94. The molecular formula is C30H36N2O7. The molecule has 0 aromatic heterocycles. The predicted molar refractivity (Wildman–Crippen MR) is 144 cm³/mol. The molecule has 2 aliphatic carbocycles. The third-order valence-electron chi connectivity index (χ3n) is 7.17. The highest BCUT2D eigenvalue weighted by Crippen LogP contribution is 2.46. The number of nitrogens with zero attached hydrogens (tertiary/aromatic N) is 2. The molecule has 3 aliphatic rings. The van der Waals surface area contributed by atoms with E-state index in [1.54, 1.807) is 18.2 Å². The van der Waals surface area contributed by atoms with E-state index in [0.717, 1.165) is 18.5 Å². The highest BCUT2D eigenvalue weighted by atomic mass is 16.6. The number of rotatable bonds is 7. The lowest BCUT2D eigenvalue weighted by Crippen LogP contribution is -2.40. The molecule has 2 atom stereocenters. The van der Waals surface area contributed by atoms with Crippen LogP contribution in [0.2, 0.25) is 0 Å². The van der Waals surface area contributed by atoms with Crippen molar-refractivity contribution in [3.63, 3.8) is 0 Å². The molecule has 208 valence electrons. The Balaban J connectivity index is 1.17. The lowest BCUT2D eigenvalue weighted by atomic mass is 10.1. The number of esters is 1. The first-order chi connectivity index (χ1) is 18.6. The zero-order valence-corrected chi connectivity index (χ0v) is 23.0. The molecule has 9 heteroatoms. The SMILES string of the molecule is COC(=O)c1ccc2c(c1)OCCN2C(=O)OCc1ccc([C@H]2CC2N(CC2CC2)C(=O)OC(C)(C)C)cc1. The van der Waals surface area contributed by atoms with Gasteiger partial charge in [-0.15, -0.1) is 0 Å². The Morgan fingerprint density at radius 1 is 1.08 bits per heavy atom. The van der Waals surface area contributed by atoms with Crippen molar-refractivity contribution in [1.29, 1.82) is 0 Å². The lowest BCUT2D eigenvalue weighted by Gasteiger charge is -2.29. The van der Waals surface area contributed by atoms with Crippen molar-refractivity contribution in [2.75, 3.05) is 31.7 Å². The number of anilines is 1. The lowest BCUT2D eigenvalue weighted by molar-refractivity contribution is 0.0220. The summed E-state index contributed by atoms with van der Waals surface area (Å²) < 4.78 is 21.7. The van der Waals surface area contributed by atoms with Crippen LogP contribution in [0.4, 0.5) is 15.3 Å². The number of carbonyl (C=O) groups excluding carboxylic acids is 3. The first-order valence-corrected chi connectivity index (χ1v) is 13.5. The van der Waals surface area contributed by atoms with Crippen LogP contribution < -0.4 is 9.64 Å². The summed E-state index contributed by atoms with van der Waals surface area (Å²) in [5, 5.41) is 0. The van der Waals surface area contributed by atoms with E-state index < -0.39 is 17.7 Å². The Hall–Kier alpha value is -3.75. The molecule has 2 amide bonds. The topological polar surface area (TPSA) is 94.6 Å². The smallest absolute Gasteiger partial charge is 0.414 e. The maximum atomic E-state index is 12.9. The minimum absolute atomic E-state index is 0.131. The molecule has 0 spiro atoms. The number of hydrogen-bond acceptors (Lipinski definition) is 7. The zero-order chi connectivity index (χ0) is 27.7. The van der Waals surface area contributed by atoms with Crippen molar-refractivity contribution in [2.24, 2.45) is 5.92 Å². The van der Waals surface area contributed by atoms with Gasteiger partial charge in [0.05, 0.1) is 24.9 Å². The molecule has 9 nitrogen and oxygen atoms in total. The maximum Gasteiger partial charge on any atom is 0.414 e. The van der Waals surface area contributed by atoms with E-state index in [9.17, 15) is 14.4 Å². The molecular weight excluding hydrogens is 500 g/mol. The van der Waals surface area contributed by atoms with Crippen molar-refractivity contribution in [3.05, 3.63) is 59.2 Å². The van der Waals surface area contributed by atoms with Gasteiger partial charge in [-0.1, -0.05) is 24.3 Å². The minimum atomic E-state index is -0.516. The molecule has 0 N–H and O–H groups in total. The maximum absolute atomic E-state index is 12.9. The normalized spacial score (nSPS) is 19.8. The number of fused-ring (bicyclic) bond motifs is 1. The van der Waals surface area contributed by atoms with Crippen LogP contribution in [0.25, 0.3) is 0 Å². The first-order valence-electron chi connectivity index (χ1n) is 13.5. The van der Waals surface area contributed by atoms with E-state index in [1.165, 1.54) is 30.4 Å². The minimum Gasteiger partial charge on any atom is -0.490 e. The molecule has 2 fully saturated rings. The molecule has 2 aromatic carbocycles. The van der Waals surface area contributed by atoms with Gasteiger partial charge >= 0.3 is 18.2 Å². The van der Waals surface area contributed by atoms with Crippen LogP contribution in [0.1, 0.15) is 67.4 Å². The number of ether oxygens (including phenoxy) is 4. The van der Waals surface area contributed by atoms with E-state index in [4.69, 9.17) is 18.9 Å². The molecule has 2 aromatic rings. The largest absolute Gasteiger partial charge is 0.490 e. The number of methoxy groups -OCH3 is 1. The second kappa shape index (κ2) is 10.8. The van der Waals surface area contributed by atoms with Crippen LogP contribution in [-0.2, 0) is 20.8 Å². The van der Waals surface area contributed by atoms with Gasteiger partial charge in [0.25, 0.3) is 0 Å². The van der Waals surface area contributed by atoms with Crippen molar-refractivity contribution < 1.29 is 33.3 Å². The average Bonchev–Trinajstić information content (AvgIpc) is 3.84. The van der Waals surface area contributed by atoms with Crippen molar-refractivity contribution >= 4 is 23.8 Å². The molecule has 1 heterocycles. The van der Waals surface area contributed by atoms with Crippen LogP contribution >= 0.6 is 0 Å². The molecule has 0 saturated heterocycles. The van der Waals surface area contributed by atoms with E-state index in [0.29, 0.717) is 36.1 Å². The Bertz CT molecular complexity index is 1230. The first kappa shape index (κ1) is 26.8. The molecule has 0 bridgehead atoms. The van der Waals surface area contributed by atoms with Crippen LogP contribution in [0, 0.1) is 5.92 Å². The summed E-state index contributed by atoms with van der Waals surface area (Å²) in [5.74, 6) is 0.839.